The summed E-state index contributed by atoms with van der Waals surface area (Å²) in [4.78, 5) is 6.30. The van der Waals surface area contributed by atoms with E-state index in [1.165, 1.54) is 0 Å². The number of likely N-dealkylation sites (N-methyl/N-ethyl adjacent to an activating group) is 1. The van der Waals surface area contributed by atoms with Crippen molar-refractivity contribution in [2.24, 2.45) is 0 Å². The lowest BCUT2D eigenvalue weighted by molar-refractivity contribution is 0.380. The molecule has 1 heterocycles. The maximum atomic E-state index is 12.8. The molecule has 0 saturated heterocycles. The van der Waals surface area contributed by atoms with Crippen LogP contribution in [0, 0.1) is 0 Å². The third kappa shape index (κ3) is 2.49. The summed E-state index contributed by atoms with van der Waals surface area (Å²) in [6.45, 7) is 3.15. The van der Waals surface area contributed by atoms with E-state index in [-0.39, 0.29) is 0 Å². The Kier molecular flexibility index (Phi) is 3.83. The molecule has 0 aliphatic carbocycles. The average Bonchev–Trinajstić information content (AvgIpc) is 2.47. The van der Waals surface area contributed by atoms with E-state index < -0.39 is 10.8 Å². The molecular weight excluding hydrogens is 280 g/mol. The molecule has 0 spiro atoms. The van der Waals surface area contributed by atoms with Crippen LogP contribution in [-0.2, 0) is 10.8 Å². The van der Waals surface area contributed by atoms with Gasteiger partial charge in [0.05, 0.1) is 32.0 Å². The SMILES string of the molecule is CC(CN(C)C)N1c2ccccc2S(=O)c2ccccc21. The molecule has 110 valence electrons. The van der Waals surface area contributed by atoms with Crippen molar-refractivity contribution in [2.75, 3.05) is 25.5 Å². The van der Waals surface area contributed by atoms with Crippen LogP contribution in [0.3, 0.4) is 0 Å². The lowest BCUT2D eigenvalue weighted by Crippen LogP contribution is -2.39. The van der Waals surface area contributed by atoms with Gasteiger partial charge in [-0.15, -0.1) is 0 Å². The maximum Gasteiger partial charge on any atom is 0.0892 e. The van der Waals surface area contributed by atoms with Crippen molar-refractivity contribution in [2.45, 2.75) is 22.8 Å². The van der Waals surface area contributed by atoms with Crippen LogP contribution in [0.1, 0.15) is 6.92 Å². The van der Waals surface area contributed by atoms with E-state index in [2.05, 4.69) is 43.0 Å². The summed E-state index contributed by atoms with van der Waals surface area (Å²) in [6, 6.07) is 16.3. The molecule has 0 radical (unpaired) electrons. The maximum absolute atomic E-state index is 12.8. The summed E-state index contributed by atoms with van der Waals surface area (Å²) in [6.07, 6.45) is 0. The average molecular weight is 300 g/mol. The molecule has 1 aliphatic rings. The standard InChI is InChI=1S/C17H20N2OS/c1-13(12-18(2)3)19-14-8-4-6-10-16(14)21(20)17-11-7-5-9-15(17)19/h4-11,13H,12H2,1-3H3. The summed E-state index contributed by atoms with van der Waals surface area (Å²) in [7, 11) is 3.06. The molecule has 2 aromatic rings. The normalized spacial score (nSPS) is 15.7. The lowest BCUT2D eigenvalue weighted by atomic mass is 10.1. The summed E-state index contributed by atoms with van der Waals surface area (Å²) in [5, 5.41) is 0. The highest BCUT2D eigenvalue weighted by Gasteiger charge is 2.30. The number of hydrogen-bond acceptors (Lipinski definition) is 3. The largest absolute Gasteiger partial charge is 0.335 e. The first kappa shape index (κ1) is 14.3. The molecule has 0 aromatic heterocycles. The van der Waals surface area contributed by atoms with E-state index in [0.29, 0.717) is 6.04 Å². The van der Waals surface area contributed by atoms with Gasteiger partial charge in [-0.3, -0.25) is 0 Å². The first-order chi connectivity index (χ1) is 10.1. The Hall–Kier alpha value is -1.65. The number of anilines is 2. The van der Waals surface area contributed by atoms with Gasteiger partial charge in [0.15, 0.2) is 0 Å². The van der Waals surface area contributed by atoms with Crippen LogP contribution in [0.4, 0.5) is 11.4 Å². The Balaban J connectivity index is 2.15. The third-order valence-electron chi connectivity index (χ3n) is 3.72. The molecule has 0 N–H and O–H groups in total. The molecule has 1 aliphatic heterocycles. The predicted octanol–water partition coefficient (Wildman–Crippen LogP) is 3.25. The fraction of sp³-hybridized carbons (Fsp3) is 0.294. The van der Waals surface area contributed by atoms with Gasteiger partial charge in [-0.2, -0.15) is 0 Å². The number of fused-ring (bicyclic) bond motifs is 2. The van der Waals surface area contributed by atoms with Crippen molar-refractivity contribution in [1.29, 1.82) is 0 Å². The molecule has 2 aromatic carbocycles. The smallest absolute Gasteiger partial charge is 0.0892 e. The van der Waals surface area contributed by atoms with Gasteiger partial charge in [0.25, 0.3) is 0 Å². The van der Waals surface area contributed by atoms with Crippen molar-refractivity contribution in [3.63, 3.8) is 0 Å². The molecule has 1 unspecified atom stereocenters. The van der Waals surface area contributed by atoms with Crippen molar-refractivity contribution < 1.29 is 4.21 Å². The van der Waals surface area contributed by atoms with E-state index >= 15 is 0 Å². The van der Waals surface area contributed by atoms with Crippen LogP contribution in [0.15, 0.2) is 58.3 Å². The minimum atomic E-state index is -1.10. The third-order valence-corrected chi connectivity index (χ3v) is 5.21. The minimum absolute atomic E-state index is 0.305. The molecule has 0 fully saturated rings. The van der Waals surface area contributed by atoms with Gasteiger partial charge >= 0.3 is 0 Å². The Labute approximate surface area is 128 Å². The Morgan fingerprint density at radius 1 is 1.00 bits per heavy atom. The highest BCUT2D eigenvalue weighted by Crippen LogP contribution is 2.42. The summed E-state index contributed by atoms with van der Waals surface area (Å²) < 4.78 is 12.8. The zero-order valence-corrected chi connectivity index (χ0v) is 13.4. The molecular formula is C17H20N2OS. The molecule has 3 rings (SSSR count). The van der Waals surface area contributed by atoms with Crippen molar-refractivity contribution in [1.82, 2.24) is 4.90 Å². The minimum Gasteiger partial charge on any atom is -0.335 e. The van der Waals surface area contributed by atoms with E-state index in [4.69, 9.17) is 0 Å². The predicted molar refractivity (Wildman–Crippen MR) is 87.7 cm³/mol. The van der Waals surface area contributed by atoms with Crippen molar-refractivity contribution >= 4 is 22.2 Å². The van der Waals surface area contributed by atoms with Crippen LogP contribution in [0.5, 0.6) is 0 Å². The van der Waals surface area contributed by atoms with E-state index in [1.807, 2.05) is 36.4 Å². The fourth-order valence-electron chi connectivity index (χ4n) is 2.96. The quantitative estimate of drug-likeness (QED) is 0.869. The number of para-hydroxylation sites is 2. The van der Waals surface area contributed by atoms with E-state index in [0.717, 1.165) is 27.7 Å². The van der Waals surface area contributed by atoms with Crippen LogP contribution in [-0.4, -0.2) is 35.8 Å². The fourth-order valence-corrected chi connectivity index (χ4v) is 4.31. The summed E-state index contributed by atoms with van der Waals surface area (Å²) >= 11 is 0. The number of hydrogen-bond donors (Lipinski definition) is 0. The molecule has 0 saturated carbocycles. The zero-order chi connectivity index (χ0) is 15.0. The highest BCUT2D eigenvalue weighted by molar-refractivity contribution is 7.85. The molecule has 1 atom stereocenters. The van der Waals surface area contributed by atoms with Gasteiger partial charge in [0.1, 0.15) is 0 Å². The van der Waals surface area contributed by atoms with E-state index in [9.17, 15) is 4.21 Å². The molecule has 0 amide bonds. The second-order valence-electron chi connectivity index (χ2n) is 5.69. The summed E-state index contributed by atoms with van der Waals surface area (Å²) in [5.41, 5.74) is 2.12. The number of nitrogens with zero attached hydrogens (tertiary/aromatic N) is 2. The van der Waals surface area contributed by atoms with Crippen LogP contribution < -0.4 is 4.90 Å². The van der Waals surface area contributed by atoms with Crippen LogP contribution in [0.25, 0.3) is 0 Å². The van der Waals surface area contributed by atoms with Gasteiger partial charge in [0, 0.05) is 12.6 Å². The van der Waals surface area contributed by atoms with Crippen molar-refractivity contribution in [3.05, 3.63) is 48.5 Å². The molecule has 21 heavy (non-hydrogen) atoms. The van der Waals surface area contributed by atoms with E-state index in [1.54, 1.807) is 0 Å². The molecule has 0 bridgehead atoms. The van der Waals surface area contributed by atoms with Crippen molar-refractivity contribution in [3.8, 4) is 0 Å². The first-order valence-electron chi connectivity index (χ1n) is 7.13. The zero-order valence-electron chi connectivity index (χ0n) is 12.6. The monoisotopic (exact) mass is 300 g/mol. The van der Waals surface area contributed by atoms with Gasteiger partial charge < -0.3 is 9.80 Å². The van der Waals surface area contributed by atoms with Crippen LogP contribution in [0.2, 0.25) is 0 Å². The Morgan fingerprint density at radius 3 is 1.95 bits per heavy atom. The second-order valence-corrected chi connectivity index (χ2v) is 7.10. The van der Waals surface area contributed by atoms with Gasteiger partial charge in [-0.05, 0) is 45.3 Å². The number of rotatable bonds is 3. The number of benzene rings is 2. The Bertz CT molecular complexity index is 634. The highest BCUT2D eigenvalue weighted by atomic mass is 32.2. The van der Waals surface area contributed by atoms with Gasteiger partial charge in [0.2, 0.25) is 0 Å². The van der Waals surface area contributed by atoms with Crippen LogP contribution >= 0.6 is 0 Å². The first-order valence-corrected chi connectivity index (χ1v) is 8.28. The van der Waals surface area contributed by atoms with Gasteiger partial charge in [-0.25, -0.2) is 4.21 Å². The van der Waals surface area contributed by atoms with Gasteiger partial charge in [-0.1, -0.05) is 24.3 Å². The molecule has 3 nitrogen and oxygen atoms in total. The Morgan fingerprint density at radius 2 is 1.48 bits per heavy atom. The topological polar surface area (TPSA) is 23.6 Å². The second kappa shape index (κ2) is 5.62. The molecule has 4 heteroatoms. The lowest BCUT2D eigenvalue weighted by Gasteiger charge is -2.38. The summed E-state index contributed by atoms with van der Waals surface area (Å²) in [5.74, 6) is 0.